The zero-order valence-electron chi connectivity index (χ0n) is 6.76. The lowest BCUT2D eigenvalue weighted by atomic mass is 9.81. The molecule has 1 amide bonds. The number of aliphatic carboxylic acids is 1. The quantitative estimate of drug-likeness (QED) is 0.623. The molecule has 7 heteroatoms. The van der Waals surface area contributed by atoms with Crippen LogP contribution in [-0.4, -0.2) is 23.2 Å². The summed E-state index contributed by atoms with van der Waals surface area (Å²) in [5, 5.41) is 10.2. The summed E-state index contributed by atoms with van der Waals surface area (Å²) >= 11 is 0. The van der Waals surface area contributed by atoms with Crippen LogP contribution in [0.1, 0.15) is 6.42 Å². The van der Waals surface area contributed by atoms with Crippen LogP contribution in [-0.2, 0) is 9.59 Å². The van der Waals surface area contributed by atoms with Gasteiger partial charge in [-0.2, -0.15) is 13.2 Å². The third-order valence-corrected chi connectivity index (χ3v) is 1.99. The van der Waals surface area contributed by atoms with E-state index in [4.69, 9.17) is 5.11 Å². The Morgan fingerprint density at radius 3 is 2.43 bits per heavy atom. The molecule has 4 nitrogen and oxygen atoms in total. The van der Waals surface area contributed by atoms with Gasteiger partial charge in [0, 0.05) is 6.42 Å². The van der Waals surface area contributed by atoms with Gasteiger partial charge in [0.15, 0.2) is 0 Å². The van der Waals surface area contributed by atoms with Crippen LogP contribution in [0.25, 0.3) is 0 Å². The molecule has 1 aliphatic rings. The third kappa shape index (κ3) is 1.24. The highest BCUT2D eigenvalue weighted by Crippen LogP contribution is 2.43. The number of carboxylic acid groups (broad SMARTS) is 1. The van der Waals surface area contributed by atoms with Crippen molar-refractivity contribution in [1.82, 2.24) is 5.32 Å². The number of halogens is 3. The number of alkyl halides is 3. The first-order valence-electron chi connectivity index (χ1n) is 3.58. The van der Waals surface area contributed by atoms with Crippen molar-refractivity contribution in [1.29, 1.82) is 0 Å². The number of carbonyl (C=O) groups is 2. The SMILES string of the molecule is O=C(O)C1(C(F)(F)F)CC=CNC1=O. The van der Waals surface area contributed by atoms with Gasteiger partial charge < -0.3 is 10.4 Å². The predicted octanol–water partition coefficient (Wildman–Crippen LogP) is 0.653. The van der Waals surface area contributed by atoms with E-state index < -0.39 is 29.9 Å². The molecule has 0 bridgehead atoms. The lowest BCUT2D eigenvalue weighted by Gasteiger charge is -2.30. The molecular formula is C7H6F3NO3. The number of hydrogen-bond donors (Lipinski definition) is 2. The molecule has 1 atom stereocenters. The minimum atomic E-state index is -5.10. The second-order valence-corrected chi connectivity index (χ2v) is 2.79. The van der Waals surface area contributed by atoms with Crippen molar-refractivity contribution in [3.63, 3.8) is 0 Å². The smallest absolute Gasteiger partial charge is 0.414 e. The number of amides is 1. The van der Waals surface area contributed by atoms with Crippen LogP contribution in [0.4, 0.5) is 13.2 Å². The summed E-state index contributed by atoms with van der Waals surface area (Å²) < 4.78 is 37.3. The Morgan fingerprint density at radius 1 is 1.57 bits per heavy atom. The van der Waals surface area contributed by atoms with Gasteiger partial charge in [-0.15, -0.1) is 0 Å². The minimum absolute atomic E-state index is 0.877. The molecule has 0 saturated carbocycles. The second-order valence-electron chi connectivity index (χ2n) is 2.79. The third-order valence-electron chi connectivity index (χ3n) is 1.99. The number of rotatable bonds is 1. The molecule has 78 valence electrons. The van der Waals surface area contributed by atoms with Gasteiger partial charge in [0.05, 0.1) is 0 Å². The summed E-state index contributed by atoms with van der Waals surface area (Å²) in [6.07, 6.45) is -4.02. The maximum absolute atomic E-state index is 12.4. The fourth-order valence-electron chi connectivity index (χ4n) is 1.14. The molecule has 14 heavy (non-hydrogen) atoms. The molecule has 0 spiro atoms. The molecule has 1 unspecified atom stereocenters. The van der Waals surface area contributed by atoms with Crippen LogP contribution >= 0.6 is 0 Å². The van der Waals surface area contributed by atoms with E-state index in [2.05, 4.69) is 0 Å². The lowest BCUT2D eigenvalue weighted by molar-refractivity contribution is -0.227. The Hall–Kier alpha value is -1.53. The number of allylic oxidation sites excluding steroid dienone is 1. The van der Waals surface area contributed by atoms with Crippen molar-refractivity contribution in [3.05, 3.63) is 12.3 Å². The highest BCUT2D eigenvalue weighted by atomic mass is 19.4. The van der Waals surface area contributed by atoms with Crippen LogP contribution in [0.2, 0.25) is 0 Å². The molecule has 0 aromatic heterocycles. The summed E-state index contributed by atoms with van der Waals surface area (Å²) in [7, 11) is 0. The average Bonchev–Trinajstić information content (AvgIpc) is 2.02. The molecule has 0 radical (unpaired) electrons. The highest BCUT2D eigenvalue weighted by molar-refractivity contribution is 6.04. The maximum Gasteiger partial charge on any atom is 0.414 e. The molecule has 1 heterocycles. The molecule has 0 aliphatic carbocycles. The van der Waals surface area contributed by atoms with E-state index in [1.54, 1.807) is 5.32 Å². The van der Waals surface area contributed by atoms with Gasteiger partial charge in [0.25, 0.3) is 5.91 Å². The molecule has 0 fully saturated rings. The standard InChI is InChI=1S/C7H6F3NO3/c8-7(9,10)6(5(13)14)2-1-3-11-4(6)12/h1,3H,2H2,(H,11,12)(H,13,14). The fraction of sp³-hybridized carbons (Fsp3) is 0.429. The van der Waals surface area contributed by atoms with Crippen LogP contribution in [0, 0.1) is 5.41 Å². The first kappa shape index (κ1) is 10.6. The molecule has 1 aliphatic heterocycles. The Labute approximate surface area is 76.4 Å². The number of nitrogens with one attached hydrogen (secondary N) is 1. The van der Waals surface area contributed by atoms with Gasteiger partial charge in [-0.1, -0.05) is 6.08 Å². The molecule has 2 N–H and O–H groups in total. The Bertz CT molecular complexity index is 310. The van der Waals surface area contributed by atoms with Gasteiger partial charge in [0.1, 0.15) is 0 Å². The van der Waals surface area contributed by atoms with E-state index in [-0.39, 0.29) is 0 Å². The van der Waals surface area contributed by atoms with Crippen molar-refractivity contribution in [2.45, 2.75) is 12.6 Å². The Kier molecular flexibility index (Phi) is 2.26. The second kappa shape index (κ2) is 3.00. The summed E-state index contributed by atoms with van der Waals surface area (Å²) in [6, 6.07) is 0. The van der Waals surface area contributed by atoms with E-state index in [9.17, 15) is 22.8 Å². The molecule has 0 saturated heterocycles. The molecule has 0 aromatic rings. The van der Waals surface area contributed by atoms with Crippen LogP contribution in [0.3, 0.4) is 0 Å². The Morgan fingerprint density at radius 2 is 2.14 bits per heavy atom. The Balaban J connectivity index is 3.24. The van der Waals surface area contributed by atoms with E-state index in [0.29, 0.717) is 0 Å². The van der Waals surface area contributed by atoms with Crippen molar-refractivity contribution in [2.24, 2.45) is 5.41 Å². The van der Waals surface area contributed by atoms with E-state index >= 15 is 0 Å². The van der Waals surface area contributed by atoms with Crippen molar-refractivity contribution >= 4 is 11.9 Å². The number of carbonyl (C=O) groups excluding carboxylic acids is 1. The topological polar surface area (TPSA) is 66.4 Å². The molecular weight excluding hydrogens is 203 g/mol. The molecule has 0 aromatic carbocycles. The van der Waals surface area contributed by atoms with Crippen LogP contribution < -0.4 is 5.32 Å². The first-order chi connectivity index (χ1) is 6.32. The highest BCUT2D eigenvalue weighted by Gasteiger charge is 2.66. The van der Waals surface area contributed by atoms with E-state index in [1.165, 1.54) is 0 Å². The minimum Gasteiger partial charge on any atom is -0.480 e. The number of hydrogen-bond acceptors (Lipinski definition) is 2. The van der Waals surface area contributed by atoms with Crippen molar-refractivity contribution in [3.8, 4) is 0 Å². The number of carboxylic acids is 1. The molecule has 1 rings (SSSR count). The van der Waals surface area contributed by atoms with E-state index in [1.807, 2.05) is 0 Å². The predicted molar refractivity (Wildman–Crippen MR) is 38.0 cm³/mol. The van der Waals surface area contributed by atoms with Gasteiger partial charge in [-0.05, 0) is 6.20 Å². The van der Waals surface area contributed by atoms with Gasteiger partial charge in [-0.3, -0.25) is 9.59 Å². The fourth-order valence-corrected chi connectivity index (χ4v) is 1.14. The largest absolute Gasteiger partial charge is 0.480 e. The van der Waals surface area contributed by atoms with E-state index in [0.717, 1.165) is 12.3 Å². The van der Waals surface area contributed by atoms with Gasteiger partial charge in [0.2, 0.25) is 5.41 Å². The summed E-state index contributed by atoms with van der Waals surface area (Å²) in [6.45, 7) is 0. The first-order valence-corrected chi connectivity index (χ1v) is 3.58. The van der Waals surface area contributed by atoms with Crippen LogP contribution in [0.15, 0.2) is 12.3 Å². The lowest BCUT2D eigenvalue weighted by Crippen LogP contribution is -2.56. The van der Waals surface area contributed by atoms with Gasteiger partial charge >= 0.3 is 12.1 Å². The average molecular weight is 209 g/mol. The maximum atomic E-state index is 12.4. The van der Waals surface area contributed by atoms with Crippen LogP contribution in [0.5, 0.6) is 0 Å². The monoisotopic (exact) mass is 209 g/mol. The summed E-state index contributed by atoms with van der Waals surface area (Å²) in [5.41, 5.74) is -3.35. The van der Waals surface area contributed by atoms with Gasteiger partial charge in [-0.25, -0.2) is 0 Å². The van der Waals surface area contributed by atoms with Crippen molar-refractivity contribution < 1.29 is 27.9 Å². The normalized spacial score (nSPS) is 27.2. The van der Waals surface area contributed by atoms with Crippen molar-refractivity contribution in [2.75, 3.05) is 0 Å². The zero-order valence-corrected chi connectivity index (χ0v) is 6.76. The summed E-state index contributed by atoms with van der Waals surface area (Å²) in [4.78, 5) is 21.5. The zero-order chi connectivity index (χ0) is 11.0. The summed E-state index contributed by atoms with van der Waals surface area (Å²) in [5.74, 6) is -3.74.